The predicted octanol–water partition coefficient (Wildman–Crippen LogP) is 4.61. The molecular weight excluding hydrogens is 347 g/mol. The molecular formula is C18H18Cl2N2O2. The molecule has 24 heavy (non-hydrogen) atoms. The van der Waals surface area contributed by atoms with Crippen molar-refractivity contribution in [2.75, 3.05) is 5.73 Å². The van der Waals surface area contributed by atoms with Gasteiger partial charge in [0.15, 0.2) is 0 Å². The van der Waals surface area contributed by atoms with Gasteiger partial charge in [0.25, 0.3) is 5.91 Å². The van der Waals surface area contributed by atoms with E-state index < -0.39 is 5.60 Å². The van der Waals surface area contributed by atoms with Crippen molar-refractivity contribution in [3.63, 3.8) is 0 Å². The minimum atomic E-state index is -0.398. The smallest absolute Gasteiger partial charge is 0.253 e. The first-order valence-electron chi connectivity index (χ1n) is 7.59. The summed E-state index contributed by atoms with van der Waals surface area (Å²) in [4.78, 5) is 12.6. The molecule has 0 fully saturated rings. The van der Waals surface area contributed by atoms with Crippen LogP contribution in [-0.2, 0) is 0 Å². The molecule has 0 radical (unpaired) electrons. The fraction of sp³-hybridized carbons (Fsp3) is 0.278. The van der Waals surface area contributed by atoms with Gasteiger partial charge in [-0.2, -0.15) is 0 Å². The number of ether oxygens (including phenoxy) is 1. The van der Waals surface area contributed by atoms with Crippen LogP contribution < -0.4 is 15.8 Å². The first kappa shape index (κ1) is 16.9. The van der Waals surface area contributed by atoms with Crippen LogP contribution in [0.2, 0.25) is 10.0 Å². The molecule has 0 aliphatic carbocycles. The molecule has 0 saturated carbocycles. The van der Waals surface area contributed by atoms with Crippen LogP contribution in [0.15, 0.2) is 36.4 Å². The Balaban J connectivity index is 1.91. The first-order valence-corrected chi connectivity index (χ1v) is 8.35. The van der Waals surface area contributed by atoms with Crippen LogP contribution in [0.1, 0.15) is 42.2 Å². The average molecular weight is 365 g/mol. The third-order valence-corrected chi connectivity index (χ3v) is 4.52. The van der Waals surface area contributed by atoms with Crippen molar-refractivity contribution in [3.8, 4) is 5.75 Å². The maximum absolute atomic E-state index is 12.6. The zero-order valence-corrected chi connectivity index (χ0v) is 14.9. The lowest BCUT2D eigenvalue weighted by Crippen LogP contribution is -2.41. The number of nitrogens with one attached hydrogen (secondary N) is 1. The quantitative estimate of drug-likeness (QED) is 0.764. The number of carbonyl (C=O) groups excluding carboxylic acids is 1. The van der Waals surface area contributed by atoms with Gasteiger partial charge >= 0.3 is 0 Å². The molecule has 1 heterocycles. The summed E-state index contributed by atoms with van der Waals surface area (Å²) in [6.07, 6.45) is 0.625. The van der Waals surface area contributed by atoms with Crippen LogP contribution in [0, 0.1) is 0 Å². The van der Waals surface area contributed by atoms with Gasteiger partial charge in [-0.15, -0.1) is 0 Å². The van der Waals surface area contributed by atoms with Crippen molar-refractivity contribution >= 4 is 34.8 Å². The maximum Gasteiger partial charge on any atom is 0.253 e. The SMILES string of the molecule is CC1(C)CC(NC(=O)c2ccc(Cl)cc2Cl)c2cc(N)ccc2O1. The number of halogens is 2. The molecule has 6 heteroatoms. The predicted molar refractivity (Wildman–Crippen MR) is 96.8 cm³/mol. The van der Waals surface area contributed by atoms with E-state index in [1.54, 1.807) is 24.3 Å². The van der Waals surface area contributed by atoms with Gasteiger partial charge < -0.3 is 15.8 Å². The largest absolute Gasteiger partial charge is 0.487 e. The van der Waals surface area contributed by atoms with Crippen molar-refractivity contribution in [1.29, 1.82) is 0 Å². The highest BCUT2D eigenvalue weighted by Gasteiger charge is 2.35. The topological polar surface area (TPSA) is 64.4 Å². The zero-order chi connectivity index (χ0) is 17.5. The molecule has 2 aromatic rings. The summed E-state index contributed by atoms with van der Waals surface area (Å²) < 4.78 is 5.98. The highest BCUT2D eigenvalue weighted by Crippen LogP contribution is 2.40. The van der Waals surface area contributed by atoms with E-state index in [-0.39, 0.29) is 11.9 Å². The highest BCUT2D eigenvalue weighted by atomic mass is 35.5. The van der Waals surface area contributed by atoms with Crippen LogP contribution in [-0.4, -0.2) is 11.5 Å². The van der Waals surface area contributed by atoms with Crippen LogP contribution in [0.5, 0.6) is 5.75 Å². The molecule has 3 rings (SSSR count). The lowest BCUT2D eigenvalue weighted by molar-refractivity contribution is 0.0620. The van der Waals surface area contributed by atoms with Crippen molar-refractivity contribution in [2.24, 2.45) is 0 Å². The Morgan fingerprint density at radius 1 is 1.25 bits per heavy atom. The minimum absolute atomic E-state index is 0.216. The summed E-state index contributed by atoms with van der Waals surface area (Å²) >= 11 is 12.0. The lowest BCUT2D eigenvalue weighted by Gasteiger charge is -2.38. The molecule has 4 nitrogen and oxygen atoms in total. The van der Waals surface area contributed by atoms with Gasteiger partial charge in [-0.05, 0) is 50.2 Å². The van der Waals surface area contributed by atoms with E-state index in [2.05, 4.69) is 5.32 Å². The molecule has 0 spiro atoms. The number of anilines is 1. The third-order valence-electron chi connectivity index (χ3n) is 3.97. The Morgan fingerprint density at radius 3 is 2.71 bits per heavy atom. The maximum atomic E-state index is 12.6. The van der Waals surface area contributed by atoms with E-state index in [9.17, 15) is 4.79 Å². The molecule has 0 bridgehead atoms. The molecule has 3 N–H and O–H groups in total. The summed E-state index contributed by atoms with van der Waals surface area (Å²) in [5, 5.41) is 3.84. The first-order chi connectivity index (χ1) is 11.2. The molecule has 1 aliphatic rings. The Morgan fingerprint density at radius 2 is 2.00 bits per heavy atom. The lowest BCUT2D eigenvalue weighted by atomic mass is 9.89. The molecule has 1 aliphatic heterocycles. The molecule has 1 atom stereocenters. The van der Waals surface area contributed by atoms with Crippen molar-refractivity contribution in [1.82, 2.24) is 5.32 Å². The van der Waals surface area contributed by atoms with E-state index in [1.807, 2.05) is 26.0 Å². The summed E-state index contributed by atoms with van der Waals surface area (Å²) in [5.41, 5.74) is 7.37. The fourth-order valence-electron chi connectivity index (χ4n) is 2.91. The van der Waals surface area contributed by atoms with Gasteiger partial charge in [0.05, 0.1) is 16.6 Å². The summed E-state index contributed by atoms with van der Waals surface area (Å²) in [7, 11) is 0. The van der Waals surface area contributed by atoms with Gasteiger partial charge in [-0.25, -0.2) is 0 Å². The van der Waals surface area contributed by atoms with Gasteiger partial charge in [0.1, 0.15) is 11.4 Å². The van der Waals surface area contributed by atoms with E-state index in [0.29, 0.717) is 27.7 Å². The fourth-order valence-corrected chi connectivity index (χ4v) is 3.41. The van der Waals surface area contributed by atoms with Gasteiger partial charge in [0, 0.05) is 22.7 Å². The summed E-state index contributed by atoms with van der Waals surface area (Å²) in [5.74, 6) is 0.473. The van der Waals surface area contributed by atoms with Crippen LogP contribution in [0.25, 0.3) is 0 Å². The van der Waals surface area contributed by atoms with Crippen molar-refractivity contribution in [2.45, 2.75) is 31.9 Å². The Kier molecular flexibility index (Phi) is 4.37. The van der Waals surface area contributed by atoms with Gasteiger partial charge in [-0.3, -0.25) is 4.79 Å². The van der Waals surface area contributed by atoms with Crippen molar-refractivity contribution < 1.29 is 9.53 Å². The number of fused-ring (bicyclic) bond motifs is 1. The molecule has 1 amide bonds. The third kappa shape index (κ3) is 3.45. The zero-order valence-electron chi connectivity index (χ0n) is 13.4. The molecule has 1 unspecified atom stereocenters. The molecule has 0 saturated heterocycles. The van der Waals surface area contributed by atoms with Crippen LogP contribution in [0.4, 0.5) is 5.69 Å². The Labute approximate surface area is 150 Å². The second-order valence-electron chi connectivity index (χ2n) is 6.51. The van der Waals surface area contributed by atoms with Gasteiger partial charge in [-0.1, -0.05) is 23.2 Å². The second-order valence-corrected chi connectivity index (χ2v) is 7.36. The number of amides is 1. The number of hydrogen-bond donors (Lipinski definition) is 2. The number of nitrogen functional groups attached to an aromatic ring is 1. The monoisotopic (exact) mass is 364 g/mol. The Hall–Kier alpha value is -1.91. The van der Waals surface area contributed by atoms with Crippen molar-refractivity contribution in [3.05, 3.63) is 57.6 Å². The van der Waals surface area contributed by atoms with E-state index in [1.165, 1.54) is 0 Å². The van der Waals surface area contributed by atoms with E-state index >= 15 is 0 Å². The number of hydrogen-bond acceptors (Lipinski definition) is 3. The number of nitrogens with two attached hydrogens (primary N) is 1. The molecule has 126 valence electrons. The minimum Gasteiger partial charge on any atom is -0.487 e. The number of benzene rings is 2. The Bertz CT molecular complexity index is 806. The normalized spacial score (nSPS) is 18.4. The summed E-state index contributed by atoms with van der Waals surface area (Å²) in [6.45, 7) is 3.97. The number of carbonyl (C=O) groups is 1. The van der Waals surface area contributed by atoms with E-state index in [4.69, 9.17) is 33.7 Å². The van der Waals surface area contributed by atoms with Crippen LogP contribution >= 0.6 is 23.2 Å². The second kappa shape index (κ2) is 6.19. The number of rotatable bonds is 2. The highest BCUT2D eigenvalue weighted by molar-refractivity contribution is 6.36. The summed E-state index contributed by atoms with van der Waals surface area (Å²) in [6, 6.07) is 10.0. The standard InChI is InChI=1S/C18H18Cl2N2O2/c1-18(2)9-15(13-8-11(21)4-6-16(13)24-18)22-17(23)12-5-3-10(19)7-14(12)20/h3-8,15H,9,21H2,1-2H3,(H,22,23). The van der Waals surface area contributed by atoms with E-state index in [0.717, 1.165) is 11.3 Å². The molecule has 0 aromatic heterocycles. The average Bonchev–Trinajstić information content (AvgIpc) is 2.47. The molecule has 2 aromatic carbocycles. The van der Waals surface area contributed by atoms with Crippen LogP contribution in [0.3, 0.4) is 0 Å². The van der Waals surface area contributed by atoms with Gasteiger partial charge in [0.2, 0.25) is 0 Å².